The lowest BCUT2D eigenvalue weighted by atomic mass is 10.2. The Balaban J connectivity index is 2.17. The SMILES string of the molecule is CCCCOP(=O)(OCCCC)C(NC(=O)OCc1ccccc1)c1ccccc1. The van der Waals surface area contributed by atoms with Crippen molar-refractivity contribution in [3.05, 3.63) is 71.8 Å². The molecule has 0 aliphatic carbocycles. The Morgan fingerprint density at radius 3 is 1.97 bits per heavy atom. The molecule has 0 aliphatic rings. The van der Waals surface area contributed by atoms with Crippen molar-refractivity contribution in [1.82, 2.24) is 5.32 Å². The maximum Gasteiger partial charge on any atom is 0.408 e. The van der Waals surface area contributed by atoms with Gasteiger partial charge in [0, 0.05) is 0 Å². The van der Waals surface area contributed by atoms with E-state index in [1.165, 1.54) is 0 Å². The highest BCUT2D eigenvalue weighted by atomic mass is 31.2. The van der Waals surface area contributed by atoms with Crippen LogP contribution in [0.15, 0.2) is 60.7 Å². The van der Waals surface area contributed by atoms with Crippen molar-refractivity contribution in [2.75, 3.05) is 13.2 Å². The average Bonchev–Trinajstić information content (AvgIpc) is 2.78. The minimum Gasteiger partial charge on any atom is -0.445 e. The van der Waals surface area contributed by atoms with Gasteiger partial charge < -0.3 is 19.1 Å². The van der Waals surface area contributed by atoms with Gasteiger partial charge in [-0.1, -0.05) is 87.4 Å². The molecule has 30 heavy (non-hydrogen) atoms. The van der Waals surface area contributed by atoms with Crippen LogP contribution in [0, 0.1) is 0 Å². The molecule has 164 valence electrons. The summed E-state index contributed by atoms with van der Waals surface area (Å²) in [6.45, 7) is 4.76. The first kappa shape index (κ1) is 24.1. The molecule has 2 aromatic rings. The highest BCUT2D eigenvalue weighted by molar-refractivity contribution is 7.54. The first-order valence-corrected chi connectivity index (χ1v) is 12.1. The van der Waals surface area contributed by atoms with Crippen molar-refractivity contribution in [2.45, 2.75) is 51.9 Å². The minimum atomic E-state index is -3.67. The molecule has 0 aliphatic heterocycles. The zero-order chi connectivity index (χ0) is 21.7. The highest BCUT2D eigenvalue weighted by Gasteiger charge is 2.39. The van der Waals surface area contributed by atoms with Crippen LogP contribution in [0.5, 0.6) is 0 Å². The molecule has 7 heteroatoms. The molecule has 1 N–H and O–H groups in total. The second-order valence-corrected chi connectivity index (χ2v) is 9.05. The van der Waals surface area contributed by atoms with Gasteiger partial charge in [-0.3, -0.25) is 4.57 Å². The average molecular weight is 433 g/mol. The number of unbranched alkanes of at least 4 members (excludes halogenated alkanes) is 2. The van der Waals surface area contributed by atoms with Gasteiger partial charge in [-0.15, -0.1) is 0 Å². The molecule has 0 spiro atoms. The number of benzene rings is 2. The third kappa shape index (κ3) is 7.94. The molecule has 0 aromatic heterocycles. The summed E-state index contributed by atoms with van der Waals surface area (Å²) in [4.78, 5) is 12.5. The first-order valence-electron chi connectivity index (χ1n) is 10.5. The second-order valence-electron chi connectivity index (χ2n) is 6.93. The molecule has 0 saturated carbocycles. The van der Waals surface area contributed by atoms with Crippen LogP contribution >= 0.6 is 7.60 Å². The van der Waals surface area contributed by atoms with E-state index in [2.05, 4.69) is 5.32 Å². The van der Waals surface area contributed by atoms with Gasteiger partial charge in [-0.25, -0.2) is 4.79 Å². The fraction of sp³-hybridized carbons (Fsp3) is 0.435. The lowest BCUT2D eigenvalue weighted by Crippen LogP contribution is -2.30. The molecule has 1 amide bonds. The Morgan fingerprint density at radius 2 is 1.43 bits per heavy atom. The monoisotopic (exact) mass is 433 g/mol. The molecular weight excluding hydrogens is 401 g/mol. The van der Waals surface area contributed by atoms with Crippen molar-refractivity contribution in [1.29, 1.82) is 0 Å². The normalized spacial score (nSPS) is 12.3. The van der Waals surface area contributed by atoms with Crippen LogP contribution in [-0.4, -0.2) is 19.3 Å². The summed E-state index contributed by atoms with van der Waals surface area (Å²) in [7, 11) is -3.67. The van der Waals surface area contributed by atoms with E-state index in [0.29, 0.717) is 18.8 Å². The van der Waals surface area contributed by atoms with E-state index in [1.807, 2.05) is 62.4 Å². The van der Waals surface area contributed by atoms with Crippen molar-refractivity contribution >= 4 is 13.7 Å². The van der Waals surface area contributed by atoms with Crippen LogP contribution in [0.2, 0.25) is 0 Å². The van der Waals surface area contributed by atoms with Crippen LogP contribution in [0.4, 0.5) is 4.79 Å². The molecule has 0 heterocycles. The van der Waals surface area contributed by atoms with Crippen LogP contribution in [0.3, 0.4) is 0 Å². The zero-order valence-electron chi connectivity index (χ0n) is 17.8. The van der Waals surface area contributed by atoms with Gasteiger partial charge >= 0.3 is 13.7 Å². The topological polar surface area (TPSA) is 73.9 Å². The fourth-order valence-corrected chi connectivity index (χ4v) is 4.66. The summed E-state index contributed by atoms with van der Waals surface area (Å²) in [6.07, 6.45) is 2.63. The second kappa shape index (κ2) is 13.2. The van der Waals surface area contributed by atoms with Gasteiger partial charge in [0.1, 0.15) is 6.61 Å². The Morgan fingerprint density at radius 1 is 0.900 bits per heavy atom. The van der Waals surface area contributed by atoms with E-state index >= 15 is 0 Å². The Hall–Kier alpha value is -2.14. The summed E-state index contributed by atoms with van der Waals surface area (Å²) in [6, 6.07) is 18.5. The molecular formula is C23H32NO5P. The minimum absolute atomic E-state index is 0.117. The number of nitrogens with one attached hydrogen (secondary N) is 1. The Bertz CT molecular complexity index is 771. The molecule has 2 rings (SSSR count). The molecule has 0 fully saturated rings. The summed E-state index contributed by atoms with van der Waals surface area (Å²) in [5.41, 5.74) is 1.51. The smallest absolute Gasteiger partial charge is 0.408 e. The standard InChI is InChI=1S/C23H32NO5P/c1-3-5-17-28-30(26,29-18-6-4-2)22(21-15-11-8-12-16-21)24-23(25)27-19-20-13-9-7-10-14-20/h7-16,22H,3-6,17-19H2,1-2H3,(H,24,25). The van der Waals surface area contributed by atoms with Crippen LogP contribution in [0.1, 0.15) is 56.4 Å². The Kier molecular flexibility index (Phi) is 10.6. The first-order chi connectivity index (χ1) is 14.6. The van der Waals surface area contributed by atoms with Gasteiger partial charge in [0.2, 0.25) is 0 Å². The molecule has 0 saturated heterocycles. The third-order valence-corrected chi connectivity index (χ3v) is 6.58. The Labute approximate surface area is 179 Å². The maximum absolute atomic E-state index is 13.8. The summed E-state index contributed by atoms with van der Waals surface area (Å²) in [5.74, 6) is -0.948. The molecule has 0 bridgehead atoms. The summed E-state index contributed by atoms with van der Waals surface area (Å²) in [5, 5.41) is 2.72. The predicted molar refractivity (Wildman–Crippen MR) is 118 cm³/mol. The number of ether oxygens (including phenoxy) is 1. The number of hydrogen-bond acceptors (Lipinski definition) is 5. The van der Waals surface area contributed by atoms with E-state index < -0.39 is 19.5 Å². The van der Waals surface area contributed by atoms with E-state index in [9.17, 15) is 9.36 Å². The van der Waals surface area contributed by atoms with Gasteiger partial charge in [0.05, 0.1) is 13.2 Å². The molecule has 0 radical (unpaired) electrons. The van der Waals surface area contributed by atoms with Crippen molar-refractivity contribution in [3.8, 4) is 0 Å². The number of carbonyl (C=O) groups is 1. The van der Waals surface area contributed by atoms with Gasteiger partial charge in [-0.05, 0) is 24.0 Å². The molecule has 1 atom stereocenters. The van der Waals surface area contributed by atoms with Gasteiger partial charge in [0.15, 0.2) is 5.78 Å². The predicted octanol–water partition coefficient (Wildman–Crippen LogP) is 6.44. The summed E-state index contributed by atoms with van der Waals surface area (Å²) < 4.78 is 30.6. The van der Waals surface area contributed by atoms with Crippen LogP contribution in [-0.2, 0) is 25.0 Å². The zero-order valence-corrected chi connectivity index (χ0v) is 18.7. The lowest BCUT2D eigenvalue weighted by Gasteiger charge is -2.28. The number of alkyl carbamates (subject to hydrolysis) is 1. The number of amides is 1. The van der Waals surface area contributed by atoms with Crippen LogP contribution in [0.25, 0.3) is 0 Å². The van der Waals surface area contributed by atoms with Crippen LogP contribution < -0.4 is 5.32 Å². The summed E-state index contributed by atoms with van der Waals surface area (Å²) >= 11 is 0. The number of hydrogen-bond donors (Lipinski definition) is 1. The molecule has 1 unspecified atom stereocenters. The van der Waals surface area contributed by atoms with Crippen molar-refractivity contribution in [3.63, 3.8) is 0 Å². The van der Waals surface area contributed by atoms with E-state index in [4.69, 9.17) is 13.8 Å². The van der Waals surface area contributed by atoms with E-state index in [-0.39, 0.29) is 6.61 Å². The van der Waals surface area contributed by atoms with E-state index in [1.54, 1.807) is 12.1 Å². The molecule has 2 aromatic carbocycles. The molecule has 6 nitrogen and oxygen atoms in total. The van der Waals surface area contributed by atoms with E-state index in [0.717, 1.165) is 31.2 Å². The lowest BCUT2D eigenvalue weighted by molar-refractivity contribution is 0.133. The maximum atomic E-state index is 13.8. The van der Waals surface area contributed by atoms with Gasteiger partial charge in [0.25, 0.3) is 0 Å². The van der Waals surface area contributed by atoms with Gasteiger partial charge in [-0.2, -0.15) is 0 Å². The number of rotatable bonds is 13. The van der Waals surface area contributed by atoms with Crippen molar-refractivity contribution in [2.24, 2.45) is 0 Å². The third-order valence-electron chi connectivity index (χ3n) is 4.44. The quantitative estimate of drug-likeness (QED) is 0.291. The fourth-order valence-electron chi connectivity index (χ4n) is 2.72. The largest absolute Gasteiger partial charge is 0.445 e. The highest BCUT2D eigenvalue weighted by Crippen LogP contribution is 2.59. The number of carbonyl (C=O) groups excluding carboxylic acids is 1. The van der Waals surface area contributed by atoms with Crippen molar-refractivity contribution < 1.29 is 23.1 Å².